The van der Waals surface area contributed by atoms with Crippen LogP contribution in [0.5, 0.6) is 0 Å². The number of nitrogens with one attached hydrogen (secondary N) is 1. The molecule has 0 aromatic carbocycles. The predicted molar refractivity (Wildman–Crippen MR) is 338 cm³/mol. The summed E-state index contributed by atoms with van der Waals surface area (Å²) in [5.74, 6) is -0.216. The third-order valence-electron chi connectivity index (χ3n) is 15.5. The third-order valence-corrected chi connectivity index (χ3v) is 15.5. The first kappa shape index (κ1) is 76.1. The zero-order valence-corrected chi connectivity index (χ0v) is 52.0. The van der Waals surface area contributed by atoms with Crippen LogP contribution in [-0.4, -0.2) is 100 Å². The van der Waals surface area contributed by atoms with Crippen molar-refractivity contribution in [3.63, 3.8) is 0 Å². The summed E-state index contributed by atoms with van der Waals surface area (Å²) in [7, 11) is 0. The molecule has 0 spiro atoms. The second-order valence-electron chi connectivity index (χ2n) is 23.2. The van der Waals surface area contributed by atoms with Gasteiger partial charge < -0.3 is 45.1 Å². The van der Waals surface area contributed by atoms with Crippen molar-refractivity contribution < 1.29 is 49.3 Å². The molecule has 0 saturated carbocycles. The number of carbonyl (C=O) groups is 2. The zero-order valence-electron chi connectivity index (χ0n) is 52.0. The van der Waals surface area contributed by atoms with Crippen molar-refractivity contribution in [1.82, 2.24) is 5.32 Å². The Morgan fingerprint density at radius 1 is 0.457 bits per heavy atom. The first-order valence-electron chi connectivity index (χ1n) is 33.7. The Morgan fingerprint density at radius 2 is 0.852 bits per heavy atom. The van der Waals surface area contributed by atoms with E-state index in [4.69, 9.17) is 14.2 Å². The Labute approximate surface area is 496 Å². The molecule has 7 unspecified atom stereocenters. The molecule has 0 aromatic heterocycles. The first-order chi connectivity index (χ1) is 39.7. The van der Waals surface area contributed by atoms with E-state index in [1.165, 1.54) is 173 Å². The van der Waals surface area contributed by atoms with E-state index in [1.54, 1.807) is 6.08 Å². The van der Waals surface area contributed by atoms with Gasteiger partial charge in [0.15, 0.2) is 6.29 Å². The highest BCUT2D eigenvalue weighted by atomic mass is 16.7. The van der Waals surface area contributed by atoms with Gasteiger partial charge in [-0.05, 0) is 103 Å². The second kappa shape index (κ2) is 58.9. The average molecular weight is 1140 g/mol. The summed E-state index contributed by atoms with van der Waals surface area (Å²) in [6.45, 7) is 4.28. The van der Waals surface area contributed by atoms with Gasteiger partial charge in [0.2, 0.25) is 5.91 Å². The lowest BCUT2D eigenvalue weighted by Gasteiger charge is -2.40. The van der Waals surface area contributed by atoms with E-state index < -0.39 is 49.5 Å². The van der Waals surface area contributed by atoms with Crippen LogP contribution < -0.4 is 5.32 Å². The van der Waals surface area contributed by atoms with E-state index in [1.807, 2.05) is 6.08 Å². The third kappa shape index (κ3) is 48.1. The lowest BCUT2D eigenvalue weighted by atomic mass is 9.99. The molecular formula is C70H125NO10. The number of ether oxygens (including phenoxy) is 3. The van der Waals surface area contributed by atoms with Gasteiger partial charge in [-0.25, -0.2) is 0 Å². The summed E-state index contributed by atoms with van der Waals surface area (Å²) in [4.78, 5) is 25.1. The highest BCUT2D eigenvalue weighted by molar-refractivity contribution is 5.76. The van der Waals surface area contributed by atoms with E-state index in [0.29, 0.717) is 19.4 Å². The van der Waals surface area contributed by atoms with Crippen molar-refractivity contribution >= 4 is 11.9 Å². The van der Waals surface area contributed by atoms with Crippen LogP contribution in [0.4, 0.5) is 0 Å². The van der Waals surface area contributed by atoms with Gasteiger partial charge in [-0.1, -0.05) is 254 Å². The molecule has 1 rings (SSSR count). The lowest BCUT2D eigenvalue weighted by Crippen LogP contribution is -2.60. The summed E-state index contributed by atoms with van der Waals surface area (Å²) in [5, 5.41) is 54.5. The van der Waals surface area contributed by atoms with Crippen molar-refractivity contribution in [2.24, 2.45) is 0 Å². The maximum absolute atomic E-state index is 13.1. The van der Waals surface area contributed by atoms with E-state index >= 15 is 0 Å². The SMILES string of the molecule is CCCC/C=C\C/C=C\CCCCCCCC(=O)OCCCCCCCCCCC/C=C\C/C=C\CCCCCCCCCCCC(=O)NC(COC1OC(CO)C(O)C(O)C1O)C(O)/C=C/CC/C=C/CCCCCCCCCC. The monoisotopic (exact) mass is 1140 g/mol. The Morgan fingerprint density at radius 3 is 1.33 bits per heavy atom. The van der Waals surface area contributed by atoms with Crippen LogP contribution in [0.1, 0.15) is 296 Å². The Kier molecular flexibility index (Phi) is 55.3. The molecule has 11 heteroatoms. The van der Waals surface area contributed by atoms with Crippen molar-refractivity contribution in [2.45, 2.75) is 339 Å². The molecule has 0 bridgehead atoms. The minimum Gasteiger partial charge on any atom is -0.466 e. The van der Waals surface area contributed by atoms with Crippen molar-refractivity contribution in [3.8, 4) is 0 Å². The normalized spacial score (nSPS) is 18.7. The van der Waals surface area contributed by atoms with Gasteiger partial charge in [0.1, 0.15) is 24.4 Å². The van der Waals surface area contributed by atoms with Gasteiger partial charge in [-0.15, -0.1) is 0 Å². The second-order valence-corrected chi connectivity index (χ2v) is 23.2. The van der Waals surface area contributed by atoms with Crippen molar-refractivity contribution in [1.29, 1.82) is 0 Å². The maximum atomic E-state index is 13.1. The molecule has 1 aliphatic rings. The number of aliphatic hydroxyl groups is 5. The number of esters is 1. The summed E-state index contributed by atoms with van der Waals surface area (Å²) in [6.07, 6.45) is 68.6. The molecule has 81 heavy (non-hydrogen) atoms. The summed E-state index contributed by atoms with van der Waals surface area (Å²) >= 11 is 0. The standard InChI is InChI=1S/C70H125NO10/c1-3-5-7-9-11-13-15-17-32-36-40-44-48-52-56-63(73)62(61-80-70-69(78)68(77)67(76)64(60-72)81-70)71-65(74)57-53-49-45-41-37-33-30-28-26-24-22-20-19-21-23-25-27-29-31-35-39-43-47-51-55-59-79-66(75)58-54-50-46-42-38-34-18-16-14-12-10-8-6-4-2/h10,12,16,18,20-23,36,40,52,56,62-64,67-70,72-73,76-78H,3-9,11,13-15,17,19,24-35,37-39,41-51,53-55,57-61H2,1-2H3,(H,71,74)/b12-10-,18-16-,22-20-,23-21-,40-36+,56-52+. The number of unbranched alkanes of at least 4 members (excludes halogenated alkanes) is 34. The fraction of sp³-hybridized carbons (Fsp3) is 0.800. The highest BCUT2D eigenvalue weighted by Crippen LogP contribution is 2.23. The molecular weight excluding hydrogens is 1010 g/mol. The molecule has 1 aliphatic heterocycles. The van der Waals surface area contributed by atoms with Gasteiger partial charge in [0.05, 0.1) is 32.0 Å². The number of aliphatic hydroxyl groups excluding tert-OH is 5. The van der Waals surface area contributed by atoms with Gasteiger partial charge in [-0.3, -0.25) is 9.59 Å². The maximum Gasteiger partial charge on any atom is 0.305 e. The van der Waals surface area contributed by atoms with Crippen molar-refractivity contribution in [2.75, 3.05) is 19.8 Å². The Bertz CT molecular complexity index is 1580. The molecule has 7 atom stereocenters. The average Bonchev–Trinajstić information content (AvgIpc) is 3.51. The molecule has 470 valence electrons. The van der Waals surface area contributed by atoms with E-state index in [0.717, 1.165) is 96.3 Å². The van der Waals surface area contributed by atoms with Gasteiger partial charge in [-0.2, -0.15) is 0 Å². The molecule has 0 aromatic rings. The van der Waals surface area contributed by atoms with E-state index in [2.05, 4.69) is 79.9 Å². The molecule has 6 N–H and O–H groups in total. The minimum absolute atomic E-state index is 0.0172. The van der Waals surface area contributed by atoms with Crippen LogP contribution in [-0.2, 0) is 23.8 Å². The van der Waals surface area contributed by atoms with E-state index in [9.17, 15) is 35.1 Å². The topological polar surface area (TPSA) is 175 Å². The number of rotatable bonds is 58. The van der Waals surface area contributed by atoms with Gasteiger partial charge >= 0.3 is 5.97 Å². The number of amides is 1. The molecule has 1 saturated heterocycles. The summed E-state index contributed by atoms with van der Waals surface area (Å²) < 4.78 is 16.7. The van der Waals surface area contributed by atoms with E-state index in [-0.39, 0.29) is 18.5 Å². The van der Waals surface area contributed by atoms with Crippen LogP contribution >= 0.6 is 0 Å². The van der Waals surface area contributed by atoms with Crippen molar-refractivity contribution in [3.05, 3.63) is 72.9 Å². The number of hydrogen-bond donors (Lipinski definition) is 6. The Balaban J connectivity index is 2.05. The quantitative estimate of drug-likeness (QED) is 0.0195. The number of hydrogen-bond acceptors (Lipinski definition) is 10. The summed E-state index contributed by atoms with van der Waals surface area (Å²) in [6, 6.07) is -0.834. The predicted octanol–water partition coefficient (Wildman–Crippen LogP) is 16.7. The fourth-order valence-corrected chi connectivity index (χ4v) is 10.1. The molecule has 11 nitrogen and oxygen atoms in total. The zero-order chi connectivity index (χ0) is 58.7. The lowest BCUT2D eigenvalue weighted by molar-refractivity contribution is -0.302. The minimum atomic E-state index is -1.58. The van der Waals surface area contributed by atoms with Crippen LogP contribution in [0.2, 0.25) is 0 Å². The van der Waals surface area contributed by atoms with Gasteiger partial charge in [0.25, 0.3) is 0 Å². The first-order valence-corrected chi connectivity index (χ1v) is 33.7. The number of allylic oxidation sites excluding steroid dienone is 11. The molecule has 1 amide bonds. The smallest absolute Gasteiger partial charge is 0.305 e. The fourth-order valence-electron chi connectivity index (χ4n) is 10.1. The Hall–Kier alpha value is -2.90. The van der Waals surface area contributed by atoms with Crippen LogP contribution in [0.25, 0.3) is 0 Å². The van der Waals surface area contributed by atoms with Crippen LogP contribution in [0.15, 0.2) is 72.9 Å². The molecule has 1 heterocycles. The number of carbonyl (C=O) groups excluding carboxylic acids is 2. The van der Waals surface area contributed by atoms with Crippen LogP contribution in [0.3, 0.4) is 0 Å². The summed E-state index contributed by atoms with van der Waals surface area (Å²) in [5.41, 5.74) is 0. The largest absolute Gasteiger partial charge is 0.466 e. The molecule has 1 fully saturated rings. The molecule has 0 aliphatic carbocycles. The van der Waals surface area contributed by atoms with Crippen LogP contribution in [0, 0.1) is 0 Å². The molecule has 0 radical (unpaired) electrons. The highest BCUT2D eigenvalue weighted by Gasteiger charge is 2.44. The van der Waals surface area contributed by atoms with Gasteiger partial charge in [0, 0.05) is 12.8 Å².